The van der Waals surface area contributed by atoms with E-state index in [0.717, 1.165) is 0 Å². The Bertz CT molecular complexity index is 968. The topological polar surface area (TPSA) is 96.3 Å². The van der Waals surface area contributed by atoms with Crippen molar-refractivity contribution in [3.8, 4) is 0 Å². The van der Waals surface area contributed by atoms with Gasteiger partial charge >= 0.3 is 0 Å². The van der Waals surface area contributed by atoms with E-state index in [1.54, 1.807) is 18.2 Å². The number of hydrazine groups is 1. The van der Waals surface area contributed by atoms with Crippen molar-refractivity contribution in [3.05, 3.63) is 34.6 Å². The van der Waals surface area contributed by atoms with Crippen molar-refractivity contribution < 1.29 is 9.59 Å². The molecule has 2 N–H and O–H groups in total. The first-order valence-electron chi connectivity index (χ1n) is 10.1. The molecule has 1 aliphatic heterocycles. The first-order chi connectivity index (χ1) is 13.7. The number of likely N-dealkylation sites (tertiary alicyclic amines) is 1. The molecule has 0 saturated carbocycles. The third-order valence-corrected chi connectivity index (χ3v) is 5.27. The molecule has 0 aliphatic carbocycles. The molecular formula is C21H29N5O3. The van der Waals surface area contributed by atoms with Gasteiger partial charge in [0.25, 0.3) is 5.56 Å². The molecule has 8 heteroatoms. The molecule has 1 fully saturated rings. The van der Waals surface area contributed by atoms with Gasteiger partial charge in [0.15, 0.2) is 0 Å². The maximum atomic E-state index is 12.6. The Morgan fingerprint density at radius 1 is 1.17 bits per heavy atom. The SMILES string of the molecule is CCn1c(NNC(=O)C2CCN(C(=O)C(C)(C)C)CC2)nc2ccccc2c1=O. The quantitative estimate of drug-likeness (QED) is 0.768. The van der Waals surface area contributed by atoms with Crippen LogP contribution in [0.25, 0.3) is 10.9 Å². The third kappa shape index (κ3) is 4.41. The molecule has 1 aromatic carbocycles. The van der Waals surface area contributed by atoms with E-state index in [0.29, 0.717) is 49.3 Å². The predicted octanol–water partition coefficient (Wildman–Crippen LogP) is 2.14. The molecule has 156 valence electrons. The number of nitrogens with one attached hydrogen (secondary N) is 2. The van der Waals surface area contributed by atoms with Crippen LogP contribution in [-0.4, -0.2) is 39.4 Å². The Kier molecular flexibility index (Phi) is 5.91. The second-order valence-electron chi connectivity index (χ2n) is 8.43. The first-order valence-corrected chi connectivity index (χ1v) is 10.1. The van der Waals surface area contributed by atoms with Crippen molar-refractivity contribution in [1.29, 1.82) is 0 Å². The van der Waals surface area contributed by atoms with E-state index in [-0.39, 0.29) is 23.3 Å². The minimum Gasteiger partial charge on any atom is -0.342 e. The molecule has 8 nitrogen and oxygen atoms in total. The zero-order chi connectivity index (χ0) is 21.2. The summed E-state index contributed by atoms with van der Waals surface area (Å²) in [6.45, 7) is 9.14. The van der Waals surface area contributed by atoms with Gasteiger partial charge in [-0.3, -0.25) is 29.8 Å². The molecule has 1 aromatic heterocycles. The number of fused-ring (bicyclic) bond motifs is 1. The lowest BCUT2D eigenvalue weighted by molar-refractivity contribution is -0.142. The first kappa shape index (κ1) is 20.8. The summed E-state index contributed by atoms with van der Waals surface area (Å²) >= 11 is 0. The highest BCUT2D eigenvalue weighted by atomic mass is 16.2. The molecule has 2 aromatic rings. The van der Waals surface area contributed by atoms with Crippen molar-refractivity contribution in [2.24, 2.45) is 11.3 Å². The average Bonchev–Trinajstić information content (AvgIpc) is 2.71. The normalized spacial score (nSPS) is 15.4. The number of rotatable bonds is 4. The Balaban J connectivity index is 1.65. The number of nitrogens with zero attached hydrogens (tertiary/aromatic N) is 3. The number of carbonyl (C=O) groups excluding carboxylic acids is 2. The fourth-order valence-corrected chi connectivity index (χ4v) is 3.60. The summed E-state index contributed by atoms with van der Waals surface area (Å²) in [5.41, 5.74) is 5.53. The van der Waals surface area contributed by atoms with Gasteiger partial charge in [0.1, 0.15) is 0 Å². The van der Waals surface area contributed by atoms with Crippen LogP contribution in [0.5, 0.6) is 0 Å². The summed E-state index contributed by atoms with van der Waals surface area (Å²) in [4.78, 5) is 43.9. The molecule has 29 heavy (non-hydrogen) atoms. The van der Waals surface area contributed by atoms with Gasteiger partial charge in [-0.2, -0.15) is 0 Å². The molecule has 2 heterocycles. The number of aromatic nitrogens is 2. The Morgan fingerprint density at radius 2 is 1.83 bits per heavy atom. The van der Waals surface area contributed by atoms with Gasteiger partial charge in [-0.25, -0.2) is 4.98 Å². The van der Waals surface area contributed by atoms with Gasteiger partial charge in [0.2, 0.25) is 17.8 Å². The molecular weight excluding hydrogens is 370 g/mol. The molecule has 1 aliphatic rings. The van der Waals surface area contributed by atoms with Crippen molar-refractivity contribution in [3.63, 3.8) is 0 Å². The van der Waals surface area contributed by atoms with Crippen LogP contribution in [-0.2, 0) is 16.1 Å². The predicted molar refractivity (Wildman–Crippen MR) is 112 cm³/mol. The van der Waals surface area contributed by atoms with Gasteiger partial charge in [-0.05, 0) is 31.9 Å². The van der Waals surface area contributed by atoms with E-state index in [1.807, 2.05) is 38.7 Å². The van der Waals surface area contributed by atoms with Crippen LogP contribution < -0.4 is 16.4 Å². The van der Waals surface area contributed by atoms with Crippen LogP contribution in [0.1, 0.15) is 40.5 Å². The van der Waals surface area contributed by atoms with Gasteiger partial charge < -0.3 is 4.90 Å². The van der Waals surface area contributed by atoms with E-state index in [2.05, 4.69) is 15.8 Å². The van der Waals surface area contributed by atoms with E-state index in [1.165, 1.54) is 4.57 Å². The molecule has 0 spiro atoms. The fraction of sp³-hybridized carbons (Fsp3) is 0.524. The third-order valence-electron chi connectivity index (χ3n) is 5.27. The van der Waals surface area contributed by atoms with E-state index >= 15 is 0 Å². The van der Waals surface area contributed by atoms with Gasteiger partial charge in [-0.15, -0.1) is 0 Å². The lowest BCUT2D eigenvalue weighted by Gasteiger charge is -2.35. The molecule has 0 atom stereocenters. The highest BCUT2D eigenvalue weighted by Crippen LogP contribution is 2.23. The van der Waals surface area contributed by atoms with Crippen LogP contribution in [0.15, 0.2) is 29.1 Å². The van der Waals surface area contributed by atoms with Crippen molar-refractivity contribution >= 4 is 28.7 Å². The Hall–Kier alpha value is -2.90. The van der Waals surface area contributed by atoms with Crippen LogP contribution in [0.3, 0.4) is 0 Å². The number of amides is 2. The van der Waals surface area contributed by atoms with E-state index in [4.69, 9.17) is 0 Å². The second-order valence-corrected chi connectivity index (χ2v) is 8.43. The van der Waals surface area contributed by atoms with Crippen molar-refractivity contribution in [2.45, 2.75) is 47.1 Å². The van der Waals surface area contributed by atoms with Gasteiger partial charge in [0, 0.05) is 31.0 Å². The van der Waals surface area contributed by atoms with Crippen molar-refractivity contribution in [2.75, 3.05) is 18.5 Å². The number of hydrogen-bond acceptors (Lipinski definition) is 5. The van der Waals surface area contributed by atoms with Crippen LogP contribution in [0, 0.1) is 11.3 Å². The van der Waals surface area contributed by atoms with Gasteiger partial charge in [-0.1, -0.05) is 32.9 Å². The minimum atomic E-state index is -0.414. The smallest absolute Gasteiger partial charge is 0.262 e. The monoisotopic (exact) mass is 399 g/mol. The highest BCUT2D eigenvalue weighted by Gasteiger charge is 2.32. The number of anilines is 1. The summed E-state index contributed by atoms with van der Waals surface area (Å²) in [7, 11) is 0. The van der Waals surface area contributed by atoms with Crippen molar-refractivity contribution in [1.82, 2.24) is 19.9 Å². The zero-order valence-electron chi connectivity index (χ0n) is 17.5. The molecule has 2 amide bonds. The molecule has 0 bridgehead atoms. The Morgan fingerprint density at radius 3 is 2.45 bits per heavy atom. The molecule has 1 saturated heterocycles. The number of carbonyl (C=O) groups is 2. The summed E-state index contributed by atoms with van der Waals surface area (Å²) < 4.78 is 1.49. The second kappa shape index (κ2) is 8.23. The summed E-state index contributed by atoms with van der Waals surface area (Å²) in [5.74, 6) is 0.0818. The van der Waals surface area contributed by atoms with Crippen LogP contribution in [0.2, 0.25) is 0 Å². The van der Waals surface area contributed by atoms with Crippen LogP contribution >= 0.6 is 0 Å². The molecule has 0 radical (unpaired) electrons. The van der Waals surface area contributed by atoms with Crippen LogP contribution in [0.4, 0.5) is 5.95 Å². The average molecular weight is 399 g/mol. The highest BCUT2D eigenvalue weighted by molar-refractivity contribution is 5.83. The minimum absolute atomic E-state index is 0.113. The zero-order valence-corrected chi connectivity index (χ0v) is 17.5. The number of hydrogen-bond donors (Lipinski definition) is 2. The largest absolute Gasteiger partial charge is 0.342 e. The van der Waals surface area contributed by atoms with Gasteiger partial charge in [0.05, 0.1) is 10.9 Å². The lowest BCUT2D eigenvalue weighted by atomic mass is 9.91. The van der Waals surface area contributed by atoms with E-state index in [9.17, 15) is 14.4 Å². The summed E-state index contributed by atoms with van der Waals surface area (Å²) in [5, 5.41) is 0.544. The molecule has 0 unspecified atom stereocenters. The van der Waals surface area contributed by atoms with E-state index < -0.39 is 5.41 Å². The Labute approximate surface area is 170 Å². The number of piperidine rings is 1. The lowest BCUT2D eigenvalue weighted by Crippen LogP contribution is -2.47. The maximum absolute atomic E-state index is 12.6. The fourth-order valence-electron chi connectivity index (χ4n) is 3.60. The number of para-hydroxylation sites is 1. The number of benzene rings is 1. The summed E-state index contributed by atoms with van der Waals surface area (Å²) in [6.07, 6.45) is 1.22. The summed E-state index contributed by atoms with van der Waals surface area (Å²) in [6, 6.07) is 7.13. The maximum Gasteiger partial charge on any atom is 0.262 e. The molecule has 3 rings (SSSR count). The standard InChI is InChI=1S/C21H29N5O3/c1-5-26-18(28)15-8-6-7-9-16(15)22-20(26)24-23-17(27)14-10-12-25(13-11-14)19(29)21(2,3)4/h6-9,14H,5,10-13H2,1-4H3,(H,22,24)(H,23,27).